The summed E-state index contributed by atoms with van der Waals surface area (Å²) >= 11 is 3.51. The highest BCUT2D eigenvalue weighted by Crippen LogP contribution is 2.26. The van der Waals surface area contributed by atoms with Crippen LogP contribution < -0.4 is 11.3 Å². The van der Waals surface area contributed by atoms with Gasteiger partial charge < -0.3 is 0 Å². The van der Waals surface area contributed by atoms with Crippen LogP contribution in [-0.4, -0.2) is 4.98 Å². The molecule has 1 unspecified atom stereocenters. The molecule has 1 aromatic carbocycles. The van der Waals surface area contributed by atoms with Gasteiger partial charge in [0.05, 0.1) is 11.7 Å². The Balaban J connectivity index is 2.42. The van der Waals surface area contributed by atoms with E-state index in [1.165, 1.54) is 5.56 Å². The second-order valence-corrected chi connectivity index (χ2v) is 4.92. The molecule has 0 saturated heterocycles. The highest BCUT2D eigenvalue weighted by atomic mass is 79.9. The molecule has 3 N–H and O–H groups in total. The maximum Gasteiger partial charge on any atom is 0.0893 e. The first-order valence-electron chi connectivity index (χ1n) is 5.91. The number of hydrogen-bond acceptors (Lipinski definition) is 3. The molecule has 1 aromatic heterocycles. The summed E-state index contributed by atoms with van der Waals surface area (Å²) in [4.78, 5) is 4.39. The van der Waals surface area contributed by atoms with Gasteiger partial charge in [0.1, 0.15) is 0 Å². The van der Waals surface area contributed by atoms with E-state index in [2.05, 4.69) is 57.5 Å². The van der Waals surface area contributed by atoms with Crippen LogP contribution in [0.2, 0.25) is 0 Å². The average molecular weight is 306 g/mol. The van der Waals surface area contributed by atoms with Crippen molar-refractivity contribution in [3.05, 3.63) is 63.9 Å². The molecule has 18 heavy (non-hydrogen) atoms. The number of halogens is 1. The SMILES string of the molecule is CCc1cccc(C(NN)c2ncccc2Br)c1. The van der Waals surface area contributed by atoms with E-state index in [0.717, 1.165) is 22.2 Å². The van der Waals surface area contributed by atoms with Crippen molar-refractivity contribution in [3.8, 4) is 0 Å². The summed E-state index contributed by atoms with van der Waals surface area (Å²) < 4.78 is 0.954. The molecule has 2 aromatic rings. The first-order valence-corrected chi connectivity index (χ1v) is 6.71. The zero-order chi connectivity index (χ0) is 13.0. The Hall–Kier alpha value is -1.23. The first-order chi connectivity index (χ1) is 8.76. The molecular weight excluding hydrogens is 290 g/mol. The van der Waals surface area contributed by atoms with Crippen LogP contribution in [-0.2, 0) is 6.42 Å². The van der Waals surface area contributed by atoms with Gasteiger partial charge in [-0.15, -0.1) is 0 Å². The normalized spacial score (nSPS) is 12.4. The smallest absolute Gasteiger partial charge is 0.0893 e. The molecule has 94 valence electrons. The van der Waals surface area contributed by atoms with E-state index < -0.39 is 0 Å². The highest BCUT2D eigenvalue weighted by Gasteiger charge is 2.16. The average Bonchev–Trinajstić information content (AvgIpc) is 2.42. The fourth-order valence-corrected chi connectivity index (χ4v) is 2.42. The Bertz CT molecular complexity index is 528. The van der Waals surface area contributed by atoms with E-state index in [0.29, 0.717) is 0 Å². The number of aromatic nitrogens is 1. The Labute approximate surface area is 116 Å². The molecule has 0 saturated carbocycles. The Morgan fingerprint density at radius 1 is 1.33 bits per heavy atom. The number of nitrogens with one attached hydrogen (secondary N) is 1. The van der Waals surface area contributed by atoms with Gasteiger partial charge in [0, 0.05) is 10.7 Å². The minimum atomic E-state index is -0.105. The second kappa shape index (κ2) is 6.09. The van der Waals surface area contributed by atoms with Crippen LogP contribution >= 0.6 is 15.9 Å². The lowest BCUT2D eigenvalue weighted by Crippen LogP contribution is -2.29. The molecule has 0 bridgehead atoms. The van der Waals surface area contributed by atoms with Crippen molar-refractivity contribution in [2.45, 2.75) is 19.4 Å². The van der Waals surface area contributed by atoms with E-state index in [-0.39, 0.29) is 6.04 Å². The van der Waals surface area contributed by atoms with Gasteiger partial charge in [-0.2, -0.15) is 0 Å². The molecule has 3 nitrogen and oxygen atoms in total. The lowest BCUT2D eigenvalue weighted by Gasteiger charge is -2.17. The fourth-order valence-electron chi connectivity index (χ4n) is 1.94. The maximum absolute atomic E-state index is 5.69. The largest absolute Gasteiger partial charge is 0.271 e. The Morgan fingerprint density at radius 3 is 2.83 bits per heavy atom. The van der Waals surface area contributed by atoms with Crippen LogP contribution in [0.25, 0.3) is 0 Å². The van der Waals surface area contributed by atoms with E-state index >= 15 is 0 Å². The molecular formula is C14H16BrN3. The summed E-state index contributed by atoms with van der Waals surface area (Å²) in [5.41, 5.74) is 6.14. The van der Waals surface area contributed by atoms with Crippen molar-refractivity contribution in [1.29, 1.82) is 0 Å². The van der Waals surface area contributed by atoms with Gasteiger partial charge >= 0.3 is 0 Å². The van der Waals surface area contributed by atoms with Crippen molar-refractivity contribution >= 4 is 15.9 Å². The topological polar surface area (TPSA) is 50.9 Å². The number of benzene rings is 1. The number of hydrazine groups is 1. The minimum absolute atomic E-state index is 0.105. The number of pyridine rings is 1. The van der Waals surface area contributed by atoms with Gasteiger partial charge in [-0.3, -0.25) is 10.8 Å². The third-order valence-electron chi connectivity index (χ3n) is 2.92. The van der Waals surface area contributed by atoms with Gasteiger partial charge in [-0.25, -0.2) is 5.43 Å². The van der Waals surface area contributed by atoms with Gasteiger partial charge in [-0.05, 0) is 45.6 Å². The third-order valence-corrected chi connectivity index (χ3v) is 3.59. The van der Waals surface area contributed by atoms with E-state index in [4.69, 9.17) is 5.84 Å². The van der Waals surface area contributed by atoms with Gasteiger partial charge in [0.25, 0.3) is 0 Å². The molecule has 1 atom stereocenters. The predicted octanol–water partition coefficient (Wildman–Crippen LogP) is 2.96. The number of rotatable bonds is 4. The summed E-state index contributed by atoms with van der Waals surface area (Å²) in [6.45, 7) is 2.14. The zero-order valence-electron chi connectivity index (χ0n) is 10.2. The number of aryl methyl sites for hydroxylation is 1. The number of nitrogens with zero attached hydrogens (tertiary/aromatic N) is 1. The van der Waals surface area contributed by atoms with Crippen molar-refractivity contribution < 1.29 is 0 Å². The second-order valence-electron chi connectivity index (χ2n) is 4.07. The van der Waals surface area contributed by atoms with E-state index in [9.17, 15) is 0 Å². The van der Waals surface area contributed by atoms with Crippen LogP contribution in [0, 0.1) is 0 Å². The summed E-state index contributed by atoms with van der Waals surface area (Å²) in [5.74, 6) is 5.69. The molecule has 0 amide bonds. The standard InChI is InChI=1S/C14H16BrN3/c1-2-10-5-3-6-11(9-10)13(18-16)14-12(15)7-4-8-17-14/h3-9,13,18H,2,16H2,1H3. The van der Waals surface area contributed by atoms with E-state index in [1.807, 2.05) is 12.1 Å². The lowest BCUT2D eigenvalue weighted by molar-refractivity contribution is 0.617. The quantitative estimate of drug-likeness (QED) is 0.674. The molecule has 0 fully saturated rings. The van der Waals surface area contributed by atoms with Gasteiger partial charge in [0.2, 0.25) is 0 Å². The maximum atomic E-state index is 5.69. The molecule has 0 aliphatic rings. The van der Waals surface area contributed by atoms with Gasteiger partial charge in [0.15, 0.2) is 0 Å². The summed E-state index contributed by atoms with van der Waals surface area (Å²) in [5, 5.41) is 0. The van der Waals surface area contributed by atoms with Crippen LogP contribution in [0.15, 0.2) is 47.1 Å². The summed E-state index contributed by atoms with van der Waals surface area (Å²) in [6.07, 6.45) is 2.78. The van der Waals surface area contributed by atoms with Crippen molar-refractivity contribution in [3.63, 3.8) is 0 Å². The van der Waals surface area contributed by atoms with Crippen LogP contribution in [0.3, 0.4) is 0 Å². The molecule has 1 heterocycles. The molecule has 4 heteroatoms. The third kappa shape index (κ3) is 2.77. The molecule has 0 spiro atoms. The molecule has 0 aliphatic carbocycles. The number of nitrogens with two attached hydrogens (primary N) is 1. The van der Waals surface area contributed by atoms with Crippen LogP contribution in [0.1, 0.15) is 29.8 Å². The summed E-state index contributed by atoms with van der Waals surface area (Å²) in [6, 6.07) is 12.1. The Morgan fingerprint density at radius 2 is 2.17 bits per heavy atom. The van der Waals surface area contributed by atoms with Crippen LogP contribution in [0.4, 0.5) is 0 Å². The first kappa shape index (κ1) is 13.2. The van der Waals surface area contributed by atoms with Crippen molar-refractivity contribution in [1.82, 2.24) is 10.4 Å². The van der Waals surface area contributed by atoms with Crippen LogP contribution in [0.5, 0.6) is 0 Å². The monoisotopic (exact) mass is 305 g/mol. The highest BCUT2D eigenvalue weighted by molar-refractivity contribution is 9.10. The Kier molecular flexibility index (Phi) is 4.47. The number of hydrogen-bond donors (Lipinski definition) is 2. The van der Waals surface area contributed by atoms with Gasteiger partial charge in [-0.1, -0.05) is 31.2 Å². The molecule has 0 radical (unpaired) electrons. The van der Waals surface area contributed by atoms with Crippen molar-refractivity contribution in [2.24, 2.45) is 5.84 Å². The summed E-state index contributed by atoms with van der Waals surface area (Å²) in [7, 11) is 0. The lowest BCUT2D eigenvalue weighted by atomic mass is 10.0. The van der Waals surface area contributed by atoms with E-state index in [1.54, 1.807) is 6.20 Å². The predicted molar refractivity (Wildman–Crippen MR) is 76.9 cm³/mol. The molecule has 2 rings (SSSR count). The zero-order valence-corrected chi connectivity index (χ0v) is 11.8. The van der Waals surface area contributed by atoms with Crippen molar-refractivity contribution in [2.75, 3.05) is 0 Å². The molecule has 0 aliphatic heterocycles. The fraction of sp³-hybridized carbons (Fsp3) is 0.214. The minimum Gasteiger partial charge on any atom is -0.271 e.